The molecule has 1 N–H and O–H groups in total. The molecule has 0 aromatic heterocycles. The Morgan fingerprint density at radius 3 is 2.64 bits per heavy atom. The Morgan fingerprint density at radius 1 is 1.20 bits per heavy atom. The Bertz CT molecular complexity index is 915. The van der Waals surface area contributed by atoms with Crippen molar-refractivity contribution < 1.29 is 14.3 Å². The van der Waals surface area contributed by atoms with E-state index in [1.807, 2.05) is 12.1 Å². The van der Waals surface area contributed by atoms with E-state index in [9.17, 15) is 9.59 Å². The van der Waals surface area contributed by atoms with Crippen molar-refractivity contribution in [2.75, 3.05) is 12.1 Å². The van der Waals surface area contributed by atoms with Crippen LogP contribution in [0.3, 0.4) is 0 Å². The zero-order valence-corrected chi connectivity index (χ0v) is 17.9. The van der Waals surface area contributed by atoms with Crippen molar-refractivity contribution in [3.05, 3.63) is 59.7 Å². The number of benzene rings is 2. The molecule has 0 unspecified atom stereocenters. The predicted molar refractivity (Wildman–Crippen MR) is 113 cm³/mol. The van der Waals surface area contributed by atoms with Crippen molar-refractivity contribution >= 4 is 80.4 Å². The summed E-state index contributed by atoms with van der Waals surface area (Å²) in [5.41, 5.74) is 3.77. The lowest BCUT2D eigenvalue weighted by molar-refractivity contribution is -0.117. The van der Waals surface area contributed by atoms with E-state index in [4.69, 9.17) is 16.3 Å². The lowest BCUT2D eigenvalue weighted by atomic mass is 10.1. The maximum Gasteiger partial charge on any atom is 0.282 e. The molecule has 1 fully saturated rings. The molecule has 2 amide bonds. The van der Waals surface area contributed by atoms with Crippen molar-refractivity contribution in [3.63, 3.8) is 0 Å². The lowest BCUT2D eigenvalue weighted by Gasteiger charge is -2.14. The minimum absolute atomic E-state index is 0.0380. The highest BCUT2D eigenvalue weighted by atomic mass is 127. The third-order valence-corrected chi connectivity index (χ3v) is 5.16. The van der Waals surface area contributed by atoms with Crippen LogP contribution in [0.2, 0.25) is 5.02 Å². The van der Waals surface area contributed by atoms with Crippen molar-refractivity contribution in [1.29, 1.82) is 0 Å². The highest BCUT2D eigenvalue weighted by Crippen LogP contribution is 2.31. The molecule has 5 nitrogen and oxygen atoms in total. The molecule has 2 aromatic carbocycles. The Labute approximate surface area is 176 Å². The smallest absolute Gasteiger partial charge is 0.282 e. The van der Waals surface area contributed by atoms with Crippen LogP contribution in [0.15, 0.2) is 42.0 Å². The van der Waals surface area contributed by atoms with E-state index in [-0.39, 0.29) is 5.57 Å². The maximum atomic E-state index is 12.7. The van der Waals surface area contributed by atoms with Crippen molar-refractivity contribution in [3.8, 4) is 5.75 Å². The normalized spacial score (nSPS) is 15.7. The van der Waals surface area contributed by atoms with Crippen LogP contribution < -0.4 is 15.2 Å². The molecule has 8 heteroatoms. The van der Waals surface area contributed by atoms with Gasteiger partial charge in [-0.1, -0.05) is 17.7 Å². The number of hydrazine groups is 1. The SMILES string of the molecule is COc1c(I)cc(I)cc1/C=C1\C(=O)NN(c2cccc(Cl)c2)C1=O. The van der Waals surface area contributed by atoms with E-state index in [1.54, 1.807) is 37.5 Å². The van der Waals surface area contributed by atoms with Gasteiger partial charge in [0.15, 0.2) is 0 Å². The van der Waals surface area contributed by atoms with Crippen LogP contribution in [-0.2, 0) is 9.59 Å². The second-order valence-corrected chi connectivity index (χ2v) is 7.97. The first-order chi connectivity index (χ1) is 11.9. The molecule has 0 spiro atoms. The first kappa shape index (κ1) is 18.5. The Hall–Kier alpha value is -1.33. The largest absolute Gasteiger partial charge is 0.495 e. The van der Waals surface area contributed by atoms with Gasteiger partial charge in [-0.2, -0.15) is 0 Å². The summed E-state index contributed by atoms with van der Waals surface area (Å²) in [7, 11) is 1.56. The molecule has 1 aliphatic rings. The summed E-state index contributed by atoms with van der Waals surface area (Å²) in [6.07, 6.45) is 1.55. The molecule has 128 valence electrons. The van der Waals surface area contributed by atoms with Crippen LogP contribution >= 0.6 is 56.8 Å². The molecule has 0 bridgehead atoms. The summed E-state index contributed by atoms with van der Waals surface area (Å²) in [5.74, 6) is -0.292. The quantitative estimate of drug-likeness (QED) is 0.339. The summed E-state index contributed by atoms with van der Waals surface area (Å²) in [6.45, 7) is 0. The van der Waals surface area contributed by atoms with Gasteiger partial charge in [0.2, 0.25) is 0 Å². The number of nitrogens with zero attached hydrogens (tertiary/aromatic N) is 1. The average molecular weight is 581 g/mol. The monoisotopic (exact) mass is 580 g/mol. The summed E-state index contributed by atoms with van der Waals surface area (Å²) in [6, 6.07) is 10.5. The van der Waals surface area contributed by atoms with E-state index in [0.29, 0.717) is 22.0 Å². The topological polar surface area (TPSA) is 58.6 Å². The molecule has 25 heavy (non-hydrogen) atoms. The highest BCUT2D eigenvalue weighted by Gasteiger charge is 2.34. The standard InChI is InChI=1S/C17H11ClI2N2O3/c1-25-15-9(5-11(19)8-14(15)20)6-13-16(23)21-22(17(13)24)12-4-2-3-10(18)7-12/h2-8H,1H3,(H,21,23)/b13-6+. The minimum Gasteiger partial charge on any atom is -0.495 e. The van der Waals surface area contributed by atoms with Crippen molar-refractivity contribution in [2.24, 2.45) is 0 Å². The number of halogens is 3. The van der Waals surface area contributed by atoms with Crippen LogP contribution in [-0.4, -0.2) is 18.9 Å². The summed E-state index contributed by atoms with van der Waals surface area (Å²) >= 11 is 10.3. The van der Waals surface area contributed by atoms with Gasteiger partial charge in [-0.15, -0.1) is 0 Å². The van der Waals surface area contributed by atoms with Gasteiger partial charge in [0, 0.05) is 14.2 Å². The molecule has 0 radical (unpaired) electrons. The zero-order valence-electron chi connectivity index (χ0n) is 12.8. The minimum atomic E-state index is -0.471. The van der Waals surface area contributed by atoms with Gasteiger partial charge in [-0.3, -0.25) is 15.0 Å². The number of amides is 2. The number of nitrogens with one attached hydrogen (secondary N) is 1. The van der Waals surface area contributed by atoms with Crippen molar-refractivity contribution in [2.45, 2.75) is 0 Å². The molecule has 0 aliphatic carbocycles. The number of rotatable bonds is 3. The molecule has 2 aromatic rings. The number of ether oxygens (including phenoxy) is 1. The summed E-state index contributed by atoms with van der Waals surface area (Å²) in [4.78, 5) is 25.0. The lowest BCUT2D eigenvalue weighted by Crippen LogP contribution is -2.35. The molecule has 0 saturated carbocycles. The van der Waals surface area contributed by atoms with E-state index in [1.165, 1.54) is 5.01 Å². The van der Waals surface area contributed by atoms with Gasteiger partial charge in [0.1, 0.15) is 11.3 Å². The predicted octanol–water partition coefficient (Wildman–Crippen LogP) is 4.02. The molecule has 3 rings (SSSR count). The fourth-order valence-electron chi connectivity index (χ4n) is 2.41. The van der Waals surface area contributed by atoms with Crippen LogP contribution in [0.25, 0.3) is 6.08 Å². The van der Waals surface area contributed by atoms with Crippen LogP contribution in [0.1, 0.15) is 5.56 Å². The summed E-state index contributed by atoms with van der Waals surface area (Å²) < 4.78 is 7.29. The van der Waals surface area contributed by atoms with Gasteiger partial charge in [0.05, 0.1) is 16.4 Å². The maximum absolute atomic E-state index is 12.7. The molecule has 0 atom stereocenters. The molecule has 1 heterocycles. The Balaban J connectivity index is 2.03. The fraction of sp³-hybridized carbons (Fsp3) is 0.0588. The van der Waals surface area contributed by atoms with Gasteiger partial charge < -0.3 is 4.74 Å². The van der Waals surface area contributed by atoms with E-state index in [2.05, 4.69) is 50.6 Å². The summed E-state index contributed by atoms with van der Waals surface area (Å²) in [5, 5.41) is 1.66. The number of methoxy groups -OCH3 is 1. The van der Waals surface area contributed by atoms with E-state index in [0.717, 1.165) is 7.14 Å². The molecular formula is C17H11ClI2N2O3. The fourth-order valence-corrected chi connectivity index (χ4v) is 4.71. The molecule has 1 saturated heterocycles. The van der Waals surface area contributed by atoms with Crippen LogP contribution in [0, 0.1) is 7.14 Å². The van der Waals surface area contributed by atoms with Gasteiger partial charge in [-0.25, -0.2) is 5.01 Å². The Morgan fingerprint density at radius 2 is 1.96 bits per heavy atom. The molecule has 1 aliphatic heterocycles. The number of hydrogen-bond acceptors (Lipinski definition) is 3. The van der Waals surface area contributed by atoms with Gasteiger partial charge >= 0.3 is 0 Å². The molecular weight excluding hydrogens is 569 g/mol. The average Bonchev–Trinajstić information content (AvgIpc) is 2.83. The first-order valence-electron chi connectivity index (χ1n) is 7.06. The van der Waals surface area contributed by atoms with Crippen LogP contribution in [0.4, 0.5) is 5.69 Å². The van der Waals surface area contributed by atoms with Gasteiger partial charge in [0.25, 0.3) is 11.8 Å². The van der Waals surface area contributed by atoms with Crippen LogP contribution in [0.5, 0.6) is 5.75 Å². The highest BCUT2D eigenvalue weighted by molar-refractivity contribution is 14.1. The third-order valence-electron chi connectivity index (χ3n) is 3.50. The Kier molecular flexibility index (Phi) is 5.54. The second kappa shape index (κ2) is 7.50. The van der Waals surface area contributed by atoms with E-state index >= 15 is 0 Å². The second-order valence-electron chi connectivity index (χ2n) is 5.13. The van der Waals surface area contributed by atoms with E-state index < -0.39 is 11.8 Å². The first-order valence-corrected chi connectivity index (χ1v) is 9.60. The zero-order chi connectivity index (χ0) is 18.1. The third kappa shape index (κ3) is 3.77. The number of carbonyl (C=O) groups excluding carboxylic acids is 2. The number of hydrogen-bond donors (Lipinski definition) is 1. The number of anilines is 1. The van der Waals surface area contributed by atoms with Crippen molar-refractivity contribution in [1.82, 2.24) is 5.43 Å². The number of carbonyl (C=O) groups is 2. The van der Waals surface area contributed by atoms with Gasteiger partial charge in [-0.05, 0) is 81.6 Å².